The van der Waals surface area contributed by atoms with Gasteiger partial charge in [-0.1, -0.05) is 67.9 Å². The molecular weight excluding hydrogens is 484 g/mol. The number of ether oxygens (including phenoxy) is 2. The summed E-state index contributed by atoms with van der Waals surface area (Å²) in [7, 11) is 0. The summed E-state index contributed by atoms with van der Waals surface area (Å²) in [5.41, 5.74) is 8.30. The summed E-state index contributed by atoms with van der Waals surface area (Å²) in [6.07, 6.45) is 1.17. The molecule has 0 bridgehead atoms. The van der Waals surface area contributed by atoms with Crippen molar-refractivity contribution in [1.29, 1.82) is 5.41 Å². The average Bonchev–Trinajstić information content (AvgIpc) is 3.36. The highest BCUT2D eigenvalue weighted by Crippen LogP contribution is 2.35. The zero-order chi connectivity index (χ0) is 26.0. The molecule has 1 atom stereocenters. The molecule has 192 valence electrons. The van der Waals surface area contributed by atoms with Gasteiger partial charge in [0.1, 0.15) is 18.2 Å². The lowest BCUT2D eigenvalue weighted by Gasteiger charge is -2.20. The fourth-order valence-electron chi connectivity index (χ4n) is 3.91. The van der Waals surface area contributed by atoms with Crippen molar-refractivity contribution in [3.8, 4) is 5.75 Å². The van der Waals surface area contributed by atoms with Crippen LogP contribution in [0.4, 0.5) is 10.5 Å². The van der Waals surface area contributed by atoms with Gasteiger partial charge in [-0.05, 0) is 48.4 Å². The molecule has 1 heterocycles. The minimum Gasteiger partial charge on any atom is -0.481 e. The maximum absolute atomic E-state index is 12.8. The predicted octanol–water partition coefficient (Wildman–Crippen LogP) is 6.44. The number of hydrogen-bond donors (Lipinski definition) is 4. The first kappa shape index (κ1) is 26.2. The Morgan fingerprint density at radius 2 is 1.84 bits per heavy atom. The Hall–Kier alpha value is -3.88. The standard InChI is InChI=1S/C29H32N4O3S/c1-2-3-16-32-18-21-12-7-8-13-23(21)33-29(34)35-19-25(20-10-5-4-6-11-20)36-24-14-9-15-26-22(24)17-27(37-26)28(30)31/h4-15,17,25,32H,2-3,16,18-19H2,1H3,(H3,30,31)(H,33,34). The molecule has 0 fully saturated rings. The van der Waals surface area contributed by atoms with E-state index in [4.69, 9.17) is 20.6 Å². The molecule has 0 aliphatic rings. The number of benzene rings is 3. The zero-order valence-electron chi connectivity index (χ0n) is 20.8. The zero-order valence-corrected chi connectivity index (χ0v) is 21.6. The molecule has 1 aromatic heterocycles. The number of para-hydroxylation sites is 1. The molecule has 8 heteroatoms. The van der Waals surface area contributed by atoms with Crippen molar-refractivity contribution in [3.05, 3.63) is 94.9 Å². The second kappa shape index (κ2) is 12.9. The van der Waals surface area contributed by atoms with Crippen LogP contribution in [0.3, 0.4) is 0 Å². The molecule has 37 heavy (non-hydrogen) atoms. The summed E-state index contributed by atoms with van der Waals surface area (Å²) >= 11 is 1.44. The van der Waals surface area contributed by atoms with E-state index in [2.05, 4.69) is 17.6 Å². The third-order valence-corrected chi connectivity index (χ3v) is 7.00. The van der Waals surface area contributed by atoms with Crippen LogP contribution in [0, 0.1) is 5.41 Å². The molecule has 4 rings (SSSR count). The highest BCUT2D eigenvalue weighted by Gasteiger charge is 2.19. The van der Waals surface area contributed by atoms with Crippen molar-refractivity contribution in [2.24, 2.45) is 5.73 Å². The van der Waals surface area contributed by atoms with E-state index < -0.39 is 12.2 Å². The molecule has 3 aromatic carbocycles. The number of hydrogen-bond acceptors (Lipinski definition) is 6. The summed E-state index contributed by atoms with van der Waals surface area (Å²) in [6, 6.07) is 25.0. The molecule has 0 radical (unpaired) electrons. The third kappa shape index (κ3) is 7.09. The van der Waals surface area contributed by atoms with E-state index in [1.165, 1.54) is 11.3 Å². The van der Waals surface area contributed by atoms with Gasteiger partial charge in [0.05, 0.1) is 4.88 Å². The van der Waals surface area contributed by atoms with E-state index in [1.54, 1.807) is 0 Å². The van der Waals surface area contributed by atoms with Crippen molar-refractivity contribution >= 4 is 39.0 Å². The van der Waals surface area contributed by atoms with E-state index >= 15 is 0 Å². The van der Waals surface area contributed by atoms with Crippen LogP contribution in [0.1, 0.15) is 41.9 Å². The Morgan fingerprint density at radius 1 is 1.05 bits per heavy atom. The van der Waals surface area contributed by atoms with Crippen LogP contribution in [0.2, 0.25) is 0 Å². The first-order valence-electron chi connectivity index (χ1n) is 12.4. The van der Waals surface area contributed by atoms with Crippen LogP contribution >= 0.6 is 11.3 Å². The topological polar surface area (TPSA) is 109 Å². The molecule has 0 spiro atoms. The van der Waals surface area contributed by atoms with Gasteiger partial charge in [0, 0.05) is 22.3 Å². The Kier molecular flexibility index (Phi) is 9.13. The van der Waals surface area contributed by atoms with Crippen molar-refractivity contribution in [2.75, 3.05) is 18.5 Å². The van der Waals surface area contributed by atoms with E-state index in [0.29, 0.717) is 22.9 Å². The van der Waals surface area contributed by atoms with Gasteiger partial charge < -0.3 is 20.5 Å². The molecule has 0 saturated heterocycles. The van der Waals surface area contributed by atoms with E-state index in [9.17, 15) is 4.79 Å². The minimum atomic E-state index is -0.543. The average molecular weight is 517 g/mol. The van der Waals surface area contributed by atoms with Gasteiger partial charge in [-0.15, -0.1) is 11.3 Å². The van der Waals surface area contributed by atoms with Crippen LogP contribution in [-0.4, -0.2) is 25.1 Å². The fraction of sp³-hybridized carbons (Fsp3) is 0.241. The molecular formula is C29H32N4O3S. The van der Waals surface area contributed by atoms with Crippen LogP contribution < -0.4 is 21.1 Å². The number of nitrogen functional groups attached to an aromatic ring is 1. The number of nitrogens with one attached hydrogen (secondary N) is 3. The van der Waals surface area contributed by atoms with E-state index in [0.717, 1.165) is 40.6 Å². The molecule has 7 nitrogen and oxygen atoms in total. The Labute approximate surface area is 221 Å². The number of rotatable bonds is 12. The summed E-state index contributed by atoms with van der Waals surface area (Å²) in [6.45, 7) is 3.77. The van der Waals surface area contributed by atoms with Gasteiger partial charge in [-0.3, -0.25) is 10.7 Å². The van der Waals surface area contributed by atoms with Crippen LogP contribution in [-0.2, 0) is 11.3 Å². The molecule has 4 aromatic rings. The summed E-state index contributed by atoms with van der Waals surface area (Å²) in [5, 5.41) is 14.9. The first-order valence-corrected chi connectivity index (χ1v) is 13.2. The predicted molar refractivity (Wildman–Crippen MR) is 151 cm³/mol. The summed E-state index contributed by atoms with van der Waals surface area (Å²) in [5.74, 6) is 0.662. The van der Waals surface area contributed by atoms with Crippen molar-refractivity contribution in [2.45, 2.75) is 32.4 Å². The second-order valence-corrected chi connectivity index (χ2v) is 9.70. The number of amides is 1. The van der Waals surface area contributed by atoms with Crippen molar-refractivity contribution in [3.63, 3.8) is 0 Å². The van der Waals surface area contributed by atoms with Crippen molar-refractivity contribution in [1.82, 2.24) is 5.32 Å². The Balaban J connectivity index is 1.46. The number of amidine groups is 1. The van der Waals surface area contributed by atoms with Gasteiger partial charge >= 0.3 is 6.09 Å². The molecule has 1 amide bonds. The van der Waals surface area contributed by atoms with Crippen LogP contribution in [0.15, 0.2) is 78.9 Å². The van der Waals surface area contributed by atoms with Gasteiger partial charge in [0.2, 0.25) is 0 Å². The molecule has 1 unspecified atom stereocenters. The monoisotopic (exact) mass is 516 g/mol. The van der Waals surface area contributed by atoms with Crippen LogP contribution in [0.25, 0.3) is 10.1 Å². The lowest BCUT2D eigenvalue weighted by Crippen LogP contribution is -2.22. The highest BCUT2D eigenvalue weighted by molar-refractivity contribution is 7.20. The van der Waals surface area contributed by atoms with Crippen molar-refractivity contribution < 1.29 is 14.3 Å². The van der Waals surface area contributed by atoms with Crippen LogP contribution in [0.5, 0.6) is 5.75 Å². The van der Waals surface area contributed by atoms with Gasteiger partial charge in [0.15, 0.2) is 6.10 Å². The summed E-state index contributed by atoms with van der Waals surface area (Å²) < 4.78 is 13.0. The minimum absolute atomic E-state index is 0.0207. The number of nitrogens with two attached hydrogens (primary N) is 1. The molecule has 0 aliphatic carbocycles. The number of fused-ring (bicyclic) bond motifs is 1. The number of thiophene rings is 1. The summed E-state index contributed by atoms with van der Waals surface area (Å²) in [4.78, 5) is 13.5. The van der Waals surface area contributed by atoms with Gasteiger partial charge in [-0.2, -0.15) is 0 Å². The maximum Gasteiger partial charge on any atom is 0.411 e. The normalized spacial score (nSPS) is 11.7. The fourth-order valence-corrected chi connectivity index (χ4v) is 4.85. The third-order valence-electron chi connectivity index (χ3n) is 5.87. The number of unbranched alkanes of at least 4 members (excludes halogenated alkanes) is 1. The number of carbonyl (C=O) groups is 1. The van der Waals surface area contributed by atoms with Gasteiger partial charge in [-0.25, -0.2) is 4.79 Å². The maximum atomic E-state index is 12.8. The quantitative estimate of drug-likeness (QED) is 0.0984. The highest BCUT2D eigenvalue weighted by atomic mass is 32.1. The second-order valence-electron chi connectivity index (χ2n) is 8.62. The largest absolute Gasteiger partial charge is 0.481 e. The van der Waals surface area contributed by atoms with E-state index in [1.807, 2.05) is 78.9 Å². The molecule has 5 N–H and O–H groups in total. The SMILES string of the molecule is CCCCNCc1ccccc1NC(=O)OCC(Oc1cccc2sc(C(=N)N)cc12)c1ccccc1. The molecule has 0 saturated carbocycles. The lowest BCUT2D eigenvalue weighted by molar-refractivity contribution is 0.0910. The van der Waals surface area contributed by atoms with E-state index in [-0.39, 0.29) is 12.4 Å². The Morgan fingerprint density at radius 3 is 2.62 bits per heavy atom. The van der Waals surface area contributed by atoms with Gasteiger partial charge in [0.25, 0.3) is 0 Å². The number of anilines is 1. The first-order chi connectivity index (χ1) is 18.0. The smallest absolute Gasteiger partial charge is 0.411 e. The number of carbonyl (C=O) groups excluding carboxylic acids is 1. The lowest BCUT2D eigenvalue weighted by atomic mass is 10.1. The Bertz CT molecular complexity index is 1340. The molecule has 0 aliphatic heterocycles.